The van der Waals surface area contributed by atoms with Crippen LogP contribution in [0, 0.1) is 0 Å². The Balaban J connectivity index is 1.97. The third-order valence-corrected chi connectivity index (χ3v) is 5.75. The molecule has 0 amide bonds. The fourth-order valence-electron chi connectivity index (χ4n) is 4.22. The predicted molar refractivity (Wildman–Crippen MR) is 125 cm³/mol. The highest BCUT2D eigenvalue weighted by molar-refractivity contribution is 5.69. The molecule has 2 atom stereocenters. The van der Waals surface area contributed by atoms with Crippen LogP contribution in [0.4, 0.5) is 11.4 Å². The molecule has 1 aliphatic heterocycles. The zero-order valence-corrected chi connectivity index (χ0v) is 19.6. The molecule has 3 rings (SSSR count). The molecule has 1 aromatic carbocycles. The van der Waals surface area contributed by atoms with Gasteiger partial charge in [-0.1, -0.05) is 19.1 Å². The zero-order valence-electron chi connectivity index (χ0n) is 19.6. The molecule has 2 N–H and O–H groups in total. The number of anilines is 2. The summed E-state index contributed by atoms with van der Waals surface area (Å²) in [7, 11) is 1.59. The summed E-state index contributed by atoms with van der Waals surface area (Å²) >= 11 is 0. The standard InChI is InChI=1S/C24H34N4O5/c1-4-22(28-8-10-32-11-9-28)20-7-6-17(18(16-31-3)13-23(29)30)12-21(20)27-19-14-25-24(26-15-19)33-5-2/h6-7,12,14-15,18,22,27H,4-5,8-11,13,16H2,1-3H3,(H,29,30)/t18-,22+/m1/s1. The lowest BCUT2D eigenvalue weighted by Crippen LogP contribution is -2.39. The highest BCUT2D eigenvalue weighted by Gasteiger charge is 2.25. The van der Waals surface area contributed by atoms with Gasteiger partial charge in [0.25, 0.3) is 0 Å². The van der Waals surface area contributed by atoms with Crippen molar-refractivity contribution < 1.29 is 24.1 Å². The van der Waals surface area contributed by atoms with Crippen molar-refractivity contribution in [2.45, 2.75) is 38.6 Å². The molecule has 9 nitrogen and oxygen atoms in total. The van der Waals surface area contributed by atoms with Crippen molar-refractivity contribution in [2.24, 2.45) is 0 Å². The number of carboxylic acid groups (broad SMARTS) is 1. The number of nitrogens with zero attached hydrogens (tertiary/aromatic N) is 3. The molecular weight excluding hydrogens is 424 g/mol. The van der Waals surface area contributed by atoms with Gasteiger partial charge in [-0.2, -0.15) is 0 Å². The van der Waals surface area contributed by atoms with E-state index in [0.29, 0.717) is 19.2 Å². The smallest absolute Gasteiger partial charge is 0.316 e. The van der Waals surface area contributed by atoms with Crippen LogP contribution in [0.1, 0.15) is 49.8 Å². The van der Waals surface area contributed by atoms with E-state index in [2.05, 4.69) is 33.2 Å². The monoisotopic (exact) mass is 458 g/mol. The number of nitrogens with one attached hydrogen (secondary N) is 1. The van der Waals surface area contributed by atoms with Crippen molar-refractivity contribution >= 4 is 17.3 Å². The van der Waals surface area contributed by atoms with Gasteiger partial charge in [-0.25, -0.2) is 9.97 Å². The molecular formula is C24H34N4O5. The molecule has 2 heterocycles. The maximum Gasteiger partial charge on any atom is 0.316 e. The Hall–Kier alpha value is -2.75. The van der Waals surface area contributed by atoms with E-state index in [0.717, 1.165) is 55.2 Å². The topological polar surface area (TPSA) is 106 Å². The molecule has 0 saturated carbocycles. The lowest BCUT2D eigenvalue weighted by molar-refractivity contribution is -0.137. The number of benzene rings is 1. The molecule has 0 aliphatic carbocycles. The molecule has 0 radical (unpaired) electrons. The summed E-state index contributed by atoms with van der Waals surface area (Å²) in [6, 6.07) is 6.68. The number of hydrogen-bond donors (Lipinski definition) is 2. The first-order valence-electron chi connectivity index (χ1n) is 11.4. The van der Waals surface area contributed by atoms with E-state index >= 15 is 0 Å². The van der Waals surface area contributed by atoms with Gasteiger partial charge >= 0.3 is 12.0 Å². The summed E-state index contributed by atoms with van der Waals surface area (Å²) in [6.45, 7) is 8.08. The first-order chi connectivity index (χ1) is 16.0. The summed E-state index contributed by atoms with van der Waals surface area (Å²) in [5, 5.41) is 12.8. The average Bonchev–Trinajstić information content (AvgIpc) is 2.82. The van der Waals surface area contributed by atoms with Crippen LogP contribution in [0.25, 0.3) is 0 Å². The summed E-state index contributed by atoms with van der Waals surface area (Å²) in [5.41, 5.74) is 3.69. The molecule has 0 unspecified atom stereocenters. The normalized spacial score (nSPS) is 16.2. The number of ether oxygens (including phenoxy) is 3. The minimum absolute atomic E-state index is 0.000534. The third kappa shape index (κ3) is 6.86. The fraction of sp³-hybridized carbons (Fsp3) is 0.542. The Morgan fingerprint density at radius 3 is 2.58 bits per heavy atom. The number of methoxy groups -OCH3 is 1. The number of carboxylic acids is 1. The van der Waals surface area contributed by atoms with Crippen LogP contribution in [-0.4, -0.2) is 72.6 Å². The van der Waals surface area contributed by atoms with Gasteiger partial charge in [0.2, 0.25) is 0 Å². The first-order valence-corrected chi connectivity index (χ1v) is 11.4. The van der Waals surface area contributed by atoms with Crippen LogP contribution in [-0.2, 0) is 14.3 Å². The summed E-state index contributed by atoms with van der Waals surface area (Å²) < 4.78 is 16.2. The minimum Gasteiger partial charge on any atom is -0.481 e. The predicted octanol–water partition coefficient (Wildman–Crippen LogP) is 3.61. The summed E-state index contributed by atoms with van der Waals surface area (Å²) in [4.78, 5) is 22.4. The van der Waals surface area contributed by atoms with Gasteiger partial charge in [-0.3, -0.25) is 9.69 Å². The second kappa shape index (κ2) is 12.5. The molecule has 1 aliphatic rings. The Bertz CT molecular complexity index is 887. The van der Waals surface area contributed by atoms with Crippen LogP contribution < -0.4 is 10.1 Å². The van der Waals surface area contributed by atoms with Crippen molar-refractivity contribution in [3.63, 3.8) is 0 Å². The second-order valence-electron chi connectivity index (χ2n) is 7.98. The Morgan fingerprint density at radius 2 is 1.97 bits per heavy atom. The van der Waals surface area contributed by atoms with Gasteiger partial charge in [-0.15, -0.1) is 0 Å². The molecule has 0 spiro atoms. The van der Waals surface area contributed by atoms with Crippen LogP contribution >= 0.6 is 0 Å². The molecule has 2 aromatic rings. The zero-order chi connectivity index (χ0) is 23.6. The number of hydrogen-bond acceptors (Lipinski definition) is 8. The van der Waals surface area contributed by atoms with E-state index < -0.39 is 5.97 Å². The van der Waals surface area contributed by atoms with E-state index in [9.17, 15) is 9.90 Å². The average molecular weight is 459 g/mol. The number of aliphatic carboxylic acids is 1. The lowest BCUT2D eigenvalue weighted by Gasteiger charge is -2.35. The van der Waals surface area contributed by atoms with Crippen LogP contribution in [0.3, 0.4) is 0 Å². The van der Waals surface area contributed by atoms with Gasteiger partial charge in [0.15, 0.2) is 0 Å². The fourth-order valence-corrected chi connectivity index (χ4v) is 4.22. The molecule has 9 heteroatoms. The Kier molecular flexibility index (Phi) is 9.41. The number of carbonyl (C=O) groups is 1. The Labute approximate surface area is 195 Å². The first kappa shape index (κ1) is 24.9. The molecule has 1 saturated heterocycles. The van der Waals surface area contributed by atoms with Gasteiger partial charge in [0.1, 0.15) is 0 Å². The SMILES string of the molecule is CCOc1ncc(Nc2cc([C@@H](COC)CC(=O)O)ccc2[C@H](CC)N2CCOCC2)cn1. The molecule has 33 heavy (non-hydrogen) atoms. The van der Waals surface area contributed by atoms with E-state index in [1.54, 1.807) is 19.5 Å². The van der Waals surface area contributed by atoms with Crippen molar-refractivity contribution in [1.29, 1.82) is 0 Å². The van der Waals surface area contributed by atoms with Gasteiger partial charge in [0.05, 0.1) is 50.9 Å². The molecule has 1 fully saturated rings. The highest BCUT2D eigenvalue weighted by atomic mass is 16.5. The maximum atomic E-state index is 11.4. The van der Waals surface area contributed by atoms with Crippen molar-refractivity contribution in [3.8, 4) is 6.01 Å². The minimum atomic E-state index is -0.852. The maximum absolute atomic E-state index is 11.4. The van der Waals surface area contributed by atoms with Crippen LogP contribution in [0.5, 0.6) is 6.01 Å². The lowest BCUT2D eigenvalue weighted by atomic mass is 9.91. The van der Waals surface area contributed by atoms with Gasteiger partial charge in [0, 0.05) is 37.8 Å². The Morgan fingerprint density at radius 1 is 1.24 bits per heavy atom. The summed E-state index contributed by atoms with van der Waals surface area (Å²) in [6.07, 6.45) is 4.31. The molecule has 1 aromatic heterocycles. The quantitative estimate of drug-likeness (QED) is 0.493. The third-order valence-electron chi connectivity index (χ3n) is 5.75. The van der Waals surface area contributed by atoms with E-state index in [1.165, 1.54) is 0 Å². The van der Waals surface area contributed by atoms with E-state index in [1.807, 2.05) is 19.1 Å². The second-order valence-corrected chi connectivity index (χ2v) is 7.98. The van der Waals surface area contributed by atoms with E-state index in [-0.39, 0.29) is 18.4 Å². The number of aromatic nitrogens is 2. The largest absolute Gasteiger partial charge is 0.481 e. The number of morpholine rings is 1. The van der Waals surface area contributed by atoms with Gasteiger partial charge < -0.3 is 24.6 Å². The number of rotatable bonds is 12. The van der Waals surface area contributed by atoms with Crippen molar-refractivity contribution in [3.05, 3.63) is 41.7 Å². The van der Waals surface area contributed by atoms with Crippen molar-refractivity contribution in [1.82, 2.24) is 14.9 Å². The highest BCUT2D eigenvalue weighted by Crippen LogP contribution is 2.35. The van der Waals surface area contributed by atoms with E-state index in [4.69, 9.17) is 14.2 Å². The molecule has 0 bridgehead atoms. The molecule has 180 valence electrons. The van der Waals surface area contributed by atoms with Crippen molar-refractivity contribution in [2.75, 3.05) is 51.9 Å². The van der Waals surface area contributed by atoms with Crippen LogP contribution in [0.15, 0.2) is 30.6 Å². The summed E-state index contributed by atoms with van der Waals surface area (Å²) in [5.74, 6) is -1.10. The van der Waals surface area contributed by atoms with Gasteiger partial charge in [-0.05, 0) is 30.5 Å². The van der Waals surface area contributed by atoms with Crippen LogP contribution in [0.2, 0.25) is 0 Å².